The van der Waals surface area contributed by atoms with Gasteiger partial charge < -0.3 is 10.1 Å². The summed E-state index contributed by atoms with van der Waals surface area (Å²) in [5.41, 5.74) is 0.256. The van der Waals surface area contributed by atoms with Crippen LogP contribution in [0.15, 0.2) is 12.4 Å². The number of hydrogen-bond acceptors (Lipinski definition) is 5. The van der Waals surface area contributed by atoms with Gasteiger partial charge in [0.1, 0.15) is 6.07 Å². The Labute approximate surface area is 94.5 Å². The number of piperidine rings is 1. The molecule has 1 aromatic heterocycles. The number of nitriles is 1. The van der Waals surface area contributed by atoms with E-state index < -0.39 is 0 Å². The van der Waals surface area contributed by atoms with Crippen LogP contribution in [0, 0.1) is 17.2 Å². The molecule has 0 aliphatic carbocycles. The third kappa shape index (κ3) is 2.67. The third-order valence-corrected chi connectivity index (χ3v) is 2.63. The first kappa shape index (κ1) is 10.8. The molecule has 1 N–H and O–H groups in total. The Morgan fingerprint density at radius 1 is 1.50 bits per heavy atom. The van der Waals surface area contributed by atoms with Gasteiger partial charge in [-0.2, -0.15) is 5.26 Å². The zero-order chi connectivity index (χ0) is 11.2. The summed E-state index contributed by atoms with van der Waals surface area (Å²) in [5, 5.41) is 12.1. The van der Waals surface area contributed by atoms with Crippen molar-refractivity contribution in [2.45, 2.75) is 12.8 Å². The summed E-state index contributed by atoms with van der Waals surface area (Å²) < 4.78 is 5.53. The molecule has 5 heteroatoms. The van der Waals surface area contributed by atoms with Gasteiger partial charge in [0.05, 0.1) is 6.61 Å². The van der Waals surface area contributed by atoms with E-state index in [-0.39, 0.29) is 5.69 Å². The van der Waals surface area contributed by atoms with E-state index in [4.69, 9.17) is 10.00 Å². The van der Waals surface area contributed by atoms with E-state index in [1.165, 1.54) is 18.8 Å². The highest BCUT2D eigenvalue weighted by atomic mass is 16.5. The Hall–Kier alpha value is -1.67. The molecule has 1 aliphatic rings. The number of rotatable bonds is 3. The Balaban J connectivity index is 1.91. The molecule has 1 aliphatic heterocycles. The van der Waals surface area contributed by atoms with Crippen molar-refractivity contribution >= 4 is 0 Å². The van der Waals surface area contributed by atoms with Crippen LogP contribution in [-0.4, -0.2) is 29.7 Å². The van der Waals surface area contributed by atoms with Crippen molar-refractivity contribution in [1.29, 1.82) is 5.26 Å². The van der Waals surface area contributed by atoms with Gasteiger partial charge in [0.15, 0.2) is 0 Å². The fraction of sp³-hybridized carbons (Fsp3) is 0.545. The Morgan fingerprint density at radius 3 is 3.12 bits per heavy atom. The molecule has 2 rings (SSSR count). The maximum absolute atomic E-state index is 8.81. The predicted molar refractivity (Wildman–Crippen MR) is 57.8 cm³/mol. The molecule has 5 nitrogen and oxygen atoms in total. The van der Waals surface area contributed by atoms with Gasteiger partial charge in [0.2, 0.25) is 5.69 Å². The first-order chi connectivity index (χ1) is 7.90. The minimum absolute atomic E-state index is 0.256. The summed E-state index contributed by atoms with van der Waals surface area (Å²) >= 11 is 0. The van der Waals surface area contributed by atoms with Crippen LogP contribution in [0.1, 0.15) is 18.5 Å². The van der Waals surface area contributed by atoms with Crippen LogP contribution in [0.3, 0.4) is 0 Å². The highest BCUT2D eigenvalue weighted by molar-refractivity contribution is 5.29. The maximum atomic E-state index is 8.81. The minimum Gasteiger partial charge on any atom is -0.475 e. The fourth-order valence-corrected chi connectivity index (χ4v) is 1.77. The van der Waals surface area contributed by atoms with E-state index in [1.807, 2.05) is 6.07 Å². The lowest BCUT2D eigenvalue weighted by Gasteiger charge is -2.22. The van der Waals surface area contributed by atoms with Crippen molar-refractivity contribution in [3.63, 3.8) is 0 Å². The molecule has 2 heterocycles. The van der Waals surface area contributed by atoms with E-state index >= 15 is 0 Å². The van der Waals surface area contributed by atoms with Gasteiger partial charge in [-0.3, -0.25) is 0 Å². The molecule has 16 heavy (non-hydrogen) atoms. The highest BCUT2D eigenvalue weighted by Crippen LogP contribution is 2.14. The number of nitrogens with one attached hydrogen (secondary N) is 1. The SMILES string of the molecule is N#Cc1nccnc1OC[C@@H]1CCCNC1. The van der Waals surface area contributed by atoms with E-state index in [0.29, 0.717) is 18.4 Å². The van der Waals surface area contributed by atoms with Gasteiger partial charge in [-0.1, -0.05) is 0 Å². The molecule has 1 atom stereocenters. The topological polar surface area (TPSA) is 70.8 Å². The Kier molecular flexibility index (Phi) is 3.67. The molecule has 84 valence electrons. The van der Waals surface area contributed by atoms with Gasteiger partial charge in [-0.15, -0.1) is 0 Å². The van der Waals surface area contributed by atoms with Crippen molar-refractivity contribution in [3.8, 4) is 11.9 Å². The van der Waals surface area contributed by atoms with Gasteiger partial charge in [-0.25, -0.2) is 9.97 Å². The quantitative estimate of drug-likeness (QED) is 0.809. The van der Waals surface area contributed by atoms with E-state index in [0.717, 1.165) is 19.5 Å². The Bertz CT molecular complexity index is 382. The number of hydrogen-bond donors (Lipinski definition) is 1. The van der Waals surface area contributed by atoms with Gasteiger partial charge in [-0.05, 0) is 19.4 Å². The molecule has 0 bridgehead atoms. The largest absolute Gasteiger partial charge is 0.475 e. The van der Waals surface area contributed by atoms with Crippen molar-refractivity contribution in [3.05, 3.63) is 18.1 Å². The summed E-state index contributed by atoms with van der Waals surface area (Å²) in [7, 11) is 0. The average Bonchev–Trinajstić information content (AvgIpc) is 2.38. The van der Waals surface area contributed by atoms with Gasteiger partial charge in [0, 0.05) is 24.9 Å². The molecule has 0 spiro atoms. The summed E-state index contributed by atoms with van der Waals surface area (Å²) in [5.74, 6) is 0.845. The van der Waals surface area contributed by atoms with Crippen molar-refractivity contribution in [2.75, 3.05) is 19.7 Å². The summed E-state index contributed by atoms with van der Waals surface area (Å²) in [6.07, 6.45) is 5.37. The molecule has 1 fully saturated rings. The first-order valence-corrected chi connectivity index (χ1v) is 5.45. The second-order valence-electron chi connectivity index (χ2n) is 3.85. The molecule has 0 saturated carbocycles. The molecular formula is C11H14N4O. The van der Waals surface area contributed by atoms with E-state index in [2.05, 4.69) is 15.3 Å². The molecule has 0 unspecified atom stereocenters. The van der Waals surface area contributed by atoms with Crippen LogP contribution >= 0.6 is 0 Å². The predicted octanol–water partition coefficient (Wildman–Crippen LogP) is 0.727. The molecule has 0 radical (unpaired) electrons. The third-order valence-electron chi connectivity index (χ3n) is 2.63. The van der Waals surface area contributed by atoms with E-state index in [1.54, 1.807) is 0 Å². The fourth-order valence-electron chi connectivity index (χ4n) is 1.77. The average molecular weight is 218 g/mol. The molecule has 0 amide bonds. The molecule has 1 saturated heterocycles. The smallest absolute Gasteiger partial charge is 0.251 e. The number of aromatic nitrogens is 2. The van der Waals surface area contributed by atoms with Crippen LogP contribution in [-0.2, 0) is 0 Å². The summed E-state index contributed by atoms with van der Waals surface area (Å²) in [6, 6.07) is 1.97. The lowest BCUT2D eigenvalue weighted by atomic mass is 10.0. The Morgan fingerprint density at radius 2 is 2.38 bits per heavy atom. The van der Waals surface area contributed by atoms with Crippen LogP contribution in [0.4, 0.5) is 0 Å². The standard InChI is InChI=1S/C11H14N4O/c12-6-10-11(15-5-4-14-10)16-8-9-2-1-3-13-7-9/h4-5,9,13H,1-3,7-8H2/t9-/m1/s1. The summed E-state index contributed by atoms with van der Waals surface area (Å²) in [6.45, 7) is 2.66. The van der Waals surface area contributed by atoms with Crippen LogP contribution in [0.25, 0.3) is 0 Å². The van der Waals surface area contributed by atoms with Gasteiger partial charge >= 0.3 is 0 Å². The lowest BCUT2D eigenvalue weighted by Crippen LogP contribution is -2.33. The van der Waals surface area contributed by atoms with Crippen molar-refractivity contribution in [1.82, 2.24) is 15.3 Å². The molecular weight excluding hydrogens is 204 g/mol. The zero-order valence-corrected chi connectivity index (χ0v) is 9.02. The van der Waals surface area contributed by atoms with E-state index in [9.17, 15) is 0 Å². The minimum atomic E-state index is 0.256. The second-order valence-corrected chi connectivity index (χ2v) is 3.85. The number of ether oxygens (including phenoxy) is 1. The van der Waals surface area contributed by atoms with Crippen LogP contribution in [0.2, 0.25) is 0 Å². The molecule has 0 aromatic carbocycles. The maximum Gasteiger partial charge on any atom is 0.251 e. The van der Waals surface area contributed by atoms with Crippen LogP contribution < -0.4 is 10.1 Å². The molecule has 1 aromatic rings. The first-order valence-electron chi connectivity index (χ1n) is 5.45. The monoisotopic (exact) mass is 218 g/mol. The normalized spacial score (nSPS) is 20.1. The lowest BCUT2D eigenvalue weighted by molar-refractivity contribution is 0.211. The van der Waals surface area contributed by atoms with Crippen molar-refractivity contribution < 1.29 is 4.74 Å². The van der Waals surface area contributed by atoms with Crippen LogP contribution in [0.5, 0.6) is 5.88 Å². The highest BCUT2D eigenvalue weighted by Gasteiger charge is 2.15. The summed E-state index contributed by atoms with van der Waals surface area (Å²) in [4.78, 5) is 7.90. The second kappa shape index (κ2) is 5.42. The van der Waals surface area contributed by atoms with Crippen molar-refractivity contribution in [2.24, 2.45) is 5.92 Å². The van der Waals surface area contributed by atoms with Gasteiger partial charge in [0.25, 0.3) is 5.88 Å². The zero-order valence-electron chi connectivity index (χ0n) is 9.02. The number of nitrogens with zero attached hydrogens (tertiary/aromatic N) is 3.